The van der Waals surface area contributed by atoms with Gasteiger partial charge in [-0.2, -0.15) is 5.10 Å². The molecule has 0 saturated carbocycles. The molecule has 3 aromatic carbocycles. The van der Waals surface area contributed by atoms with E-state index in [1.54, 1.807) is 11.3 Å². The lowest BCUT2D eigenvalue weighted by Crippen LogP contribution is -2.15. The van der Waals surface area contributed by atoms with E-state index in [9.17, 15) is 0 Å². The summed E-state index contributed by atoms with van der Waals surface area (Å²) in [7, 11) is 0. The van der Waals surface area contributed by atoms with Crippen molar-refractivity contribution in [3.8, 4) is 5.75 Å². The Labute approximate surface area is 189 Å². The second-order valence-corrected chi connectivity index (χ2v) is 8.21. The van der Waals surface area contributed by atoms with Crippen LogP contribution in [-0.4, -0.2) is 10.8 Å². The summed E-state index contributed by atoms with van der Waals surface area (Å²) in [6.07, 6.45) is 0. The van der Waals surface area contributed by atoms with Crippen LogP contribution in [0.4, 0.5) is 11.5 Å². The Balaban J connectivity index is 1.42. The quantitative estimate of drug-likeness (QED) is 0.143. The maximum atomic E-state index is 5.89. The molecule has 0 aliphatic carbocycles. The number of hydrazone groups is 1. The standard InChI is InChI=1S/C25H21N5OS/c26-24(30-27)17-6-11-20-22(14-17)29-25(21-12-13-32-23(20)21)28-18-7-9-19(10-8-18)31-15-16-4-2-1-3-5-16/h1-14H,15,27H2,(H2,26,30)(H,28,29). The number of nitrogens with one attached hydrogen (secondary N) is 1. The molecule has 0 amide bonds. The molecule has 0 unspecified atom stereocenters. The fraction of sp³-hybridized carbons (Fsp3) is 0.0400. The fourth-order valence-corrected chi connectivity index (χ4v) is 4.47. The average Bonchev–Trinajstić information content (AvgIpc) is 3.34. The number of pyridine rings is 1. The molecular formula is C25H21N5OS. The van der Waals surface area contributed by atoms with Gasteiger partial charge in [-0.25, -0.2) is 4.98 Å². The van der Waals surface area contributed by atoms with E-state index in [-0.39, 0.29) is 5.84 Å². The van der Waals surface area contributed by atoms with Gasteiger partial charge in [-0.05, 0) is 47.3 Å². The molecule has 0 aliphatic heterocycles. The first-order valence-electron chi connectivity index (χ1n) is 10.1. The lowest BCUT2D eigenvalue weighted by Gasteiger charge is -2.11. The third kappa shape index (κ3) is 3.93. The van der Waals surface area contributed by atoms with Gasteiger partial charge in [-0.1, -0.05) is 42.5 Å². The Morgan fingerprint density at radius 3 is 2.56 bits per heavy atom. The van der Waals surface area contributed by atoms with Crippen molar-refractivity contribution in [2.24, 2.45) is 16.7 Å². The van der Waals surface area contributed by atoms with Crippen LogP contribution in [0, 0.1) is 0 Å². The van der Waals surface area contributed by atoms with E-state index in [0.717, 1.165) is 49.4 Å². The van der Waals surface area contributed by atoms with Gasteiger partial charge in [0.2, 0.25) is 0 Å². The number of hydrogen-bond donors (Lipinski definition) is 3. The predicted molar refractivity (Wildman–Crippen MR) is 133 cm³/mol. The van der Waals surface area contributed by atoms with Crippen LogP contribution in [0.3, 0.4) is 0 Å². The van der Waals surface area contributed by atoms with Crippen molar-refractivity contribution in [2.75, 3.05) is 5.32 Å². The number of aromatic nitrogens is 1. The second-order valence-electron chi connectivity index (χ2n) is 7.29. The first kappa shape index (κ1) is 19.8. The fourth-order valence-electron chi connectivity index (χ4n) is 3.54. The minimum Gasteiger partial charge on any atom is -0.489 e. The number of thiophene rings is 1. The molecule has 2 aromatic heterocycles. The van der Waals surface area contributed by atoms with Gasteiger partial charge in [-0.15, -0.1) is 11.3 Å². The first-order chi connectivity index (χ1) is 15.7. The van der Waals surface area contributed by atoms with Gasteiger partial charge < -0.3 is 21.6 Å². The van der Waals surface area contributed by atoms with Gasteiger partial charge in [-0.3, -0.25) is 0 Å². The van der Waals surface area contributed by atoms with Crippen molar-refractivity contribution in [3.05, 3.63) is 95.4 Å². The number of amidine groups is 1. The third-order valence-electron chi connectivity index (χ3n) is 5.20. The van der Waals surface area contributed by atoms with E-state index < -0.39 is 0 Å². The van der Waals surface area contributed by atoms with Crippen molar-refractivity contribution in [1.29, 1.82) is 0 Å². The van der Waals surface area contributed by atoms with Crippen molar-refractivity contribution in [1.82, 2.24) is 4.98 Å². The summed E-state index contributed by atoms with van der Waals surface area (Å²) in [5.74, 6) is 7.22. The predicted octanol–water partition coefficient (Wildman–Crippen LogP) is 5.35. The summed E-state index contributed by atoms with van der Waals surface area (Å²) < 4.78 is 7.05. The maximum Gasteiger partial charge on any atom is 0.150 e. The van der Waals surface area contributed by atoms with E-state index in [0.29, 0.717) is 6.61 Å². The number of anilines is 2. The maximum absolute atomic E-state index is 5.89. The minimum atomic E-state index is 0.278. The molecule has 0 fully saturated rings. The number of hydrogen-bond acceptors (Lipinski definition) is 6. The summed E-state index contributed by atoms with van der Waals surface area (Å²) >= 11 is 1.68. The summed E-state index contributed by atoms with van der Waals surface area (Å²) in [6, 6.07) is 25.9. The van der Waals surface area contributed by atoms with Crippen LogP contribution >= 0.6 is 11.3 Å². The number of ether oxygens (including phenoxy) is 1. The minimum absolute atomic E-state index is 0.278. The molecule has 2 heterocycles. The zero-order chi connectivity index (χ0) is 21.9. The Bertz CT molecular complexity index is 1410. The van der Waals surface area contributed by atoms with Crippen LogP contribution in [0.15, 0.2) is 89.3 Å². The summed E-state index contributed by atoms with van der Waals surface area (Å²) in [4.78, 5) is 4.86. The molecule has 5 N–H and O–H groups in total. The smallest absolute Gasteiger partial charge is 0.150 e. The molecule has 0 radical (unpaired) electrons. The highest BCUT2D eigenvalue weighted by Gasteiger charge is 2.12. The zero-order valence-electron chi connectivity index (χ0n) is 17.2. The van der Waals surface area contributed by atoms with Gasteiger partial charge in [0.05, 0.1) is 5.52 Å². The largest absolute Gasteiger partial charge is 0.489 e. The van der Waals surface area contributed by atoms with E-state index in [1.807, 2.05) is 72.8 Å². The lowest BCUT2D eigenvalue weighted by molar-refractivity contribution is 0.306. The van der Waals surface area contributed by atoms with Crippen molar-refractivity contribution in [3.63, 3.8) is 0 Å². The summed E-state index contributed by atoms with van der Waals surface area (Å²) in [5, 5.41) is 11.2. The van der Waals surface area contributed by atoms with Crippen LogP contribution < -0.4 is 21.6 Å². The molecule has 0 saturated heterocycles. The second kappa shape index (κ2) is 8.56. The number of fused-ring (bicyclic) bond motifs is 3. The van der Waals surface area contributed by atoms with Crippen LogP contribution in [-0.2, 0) is 6.61 Å². The number of benzene rings is 3. The van der Waals surface area contributed by atoms with Crippen molar-refractivity contribution in [2.45, 2.75) is 6.61 Å². The van der Waals surface area contributed by atoms with Crippen LogP contribution in [0.5, 0.6) is 5.75 Å². The van der Waals surface area contributed by atoms with Gasteiger partial charge in [0.15, 0.2) is 0 Å². The van der Waals surface area contributed by atoms with Crippen LogP contribution in [0.25, 0.3) is 21.0 Å². The number of rotatable bonds is 6. The SMILES string of the molecule is N/N=C(\N)c1ccc2c(c1)nc(Nc1ccc(OCc3ccccc3)cc1)c1ccsc12. The molecule has 5 rings (SSSR count). The summed E-state index contributed by atoms with van der Waals surface area (Å²) in [6.45, 7) is 0.535. The van der Waals surface area contributed by atoms with Crippen molar-refractivity contribution < 1.29 is 4.74 Å². The number of nitrogens with zero attached hydrogens (tertiary/aromatic N) is 2. The Morgan fingerprint density at radius 1 is 0.969 bits per heavy atom. The van der Waals surface area contributed by atoms with E-state index in [1.165, 1.54) is 0 Å². The molecule has 6 nitrogen and oxygen atoms in total. The zero-order valence-corrected chi connectivity index (χ0v) is 18.0. The van der Waals surface area contributed by atoms with E-state index in [4.69, 9.17) is 21.3 Å². The highest BCUT2D eigenvalue weighted by Crippen LogP contribution is 2.35. The topological polar surface area (TPSA) is 98.5 Å². The third-order valence-corrected chi connectivity index (χ3v) is 6.14. The highest BCUT2D eigenvalue weighted by atomic mass is 32.1. The van der Waals surface area contributed by atoms with Gasteiger partial charge >= 0.3 is 0 Å². The molecule has 32 heavy (non-hydrogen) atoms. The van der Waals surface area contributed by atoms with Gasteiger partial charge in [0.1, 0.15) is 24.0 Å². The molecule has 158 valence electrons. The monoisotopic (exact) mass is 439 g/mol. The number of nitrogens with two attached hydrogens (primary N) is 2. The Hall–Kier alpha value is -4.10. The van der Waals surface area contributed by atoms with Gasteiger partial charge in [0.25, 0.3) is 0 Å². The van der Waals surface area contributed by atoms with Crippen LogP contribution in [0.1, 0.15) is 11.1 Å². The van der Waals surface area contributed by atoms with E-state index >= 15 is 0 Å². The first-order valence-corrected chi connectivity index (χ1v) is 11.0. The molecule has 0 atom stereocenters. The summed E-state index contributed by atoms with van der Waals surface area (Å²) in [5.41, 5.74) is 9.52. The highest BCUT2D eigenvalue weighted by molar-refractivity contribution is 7.18. The Morgan fingerprint density at radius 2 is 1.78 bits per heavy atom. The van der Waals surface area contributed by atoms with Crippen molar-refractivity contribution >= 4 is 49.7 Å². The molecule has 0 bridgehead atoms. The molecule has 7 heteroatoms. The average molecular weight is 440 g/mol. The van der Waals surface area contributed by atoms with Crippen LogP contribution in [0.2, 0.25) is 0 Å². The molecule has 0 spiro atoms. The van der Waals surface area contributed by atoms with E-state index in [2.05, 4.69) is 21.9 Å². The lowest BCUT2D eigenvalue weighted by atomic mass is 10.1. The Kier molecular flexibility index (Phi) is 5.31. The molecular weight excluding hydrogens is 418 g/mol. The molecule has 0 aliphatic rings. The van der Waals surface area contributed by atoms with Gasteiger partial charge in [0, 0.05) is 26.7 Å². The normalized spacial score (nSPS) is 11.7. The molecule has 5 aromatic rings.